The molecule has 0 unspecified atom stereocenters. The minimum atomic E-state index is -0.781. The second kappa shape index (κ2) is 5.29. The minimum Gasteiger partial charge on any atom is -0.481 e. The van der Waals surface area contributed by atoms with Crippen LogP contribution in [0.2, 0.25) is 0 Å². The average Bonchev–Trinajstić information content (AvgIpc) is 2.39. The van der Waals surface area contributed by atoms with Crippen LogP contribution >= 0.6 is 0 Å². The minimum absolute atomic E-state index is 0.266. The molecule has 98 valence electrons. The standard InChI is InChI=1S/C12H16FN3O2/c13-9-6-14-11(15-7-9)16-8-12(10(17)18)4-2-1-3-5-12/h6-7H,1-5,8H2,(H,17,18)(H,14,15,16). The number of carboxylic acid groups (broad SMARTS) is 1. The maximum atomic E-state index is 12.6. The van der Waals surface area contributed by atoms with Gasteiger partial charge in [-0.05, 0) is 12.8 Å². The molecule has 0 atom stereocenters. The van der Waals surface area contributed by atoms with Crippen molar-refractivity contribution in [3.8, 4) is 0 Å². The molecule has 0 bridgehead atoms. The SMILES string of the molecule is O=C(O)C1(CNc2ncc(F)cn2)CCCCC1. The van der Waals surface area contributed by atoms with Gasteiger partial charge in [0, 0.05) is 6.54 Å². The van der Waals surface area contributed by atoms with Gasteiger partial charge in [0.05, 0.1) is 17.8 Å². The summed E-state index contributed by atoms with van der Waals surface area (Å²) in [4.78, 5) is 18.9. The Labute approximate surface area is 104 Å². The van der Waals surface area contributed by atoms with Gasteiger partial charge in [-0.25, -0.2) is 14.4 Å². The van der Waals surface area contributed by atoms with Gasteiger partial charge in [-0.1, -0.05) is 19.3 Å². The third kappa shape index (κ3) is 2.75. The van der Waals surface area contributed by atoms with Crippen molar-refractivity contribution < 1.29 is 14.3 Å². The monoisotopic (exact) mass is 253 g/mol. The largest absolute Gasteiger partial charge is 0.481 e. The Kier molecular flexibility index (Phi) is 3.74. The van der Waals surface area contributed by atoms with Crippen molar-refractivity contribution >= 4 is 11.9 Å². The Morgan fingerprint density at radius 3 is 2.50 bits per heavy atom. The molecule has 0 aromatic carbocycles. The maximum absolute atomic E-state index is 12.6. The van der Waals surface area contributed by atoms with Crippen molar-refractivity contribution in [1.29, 1.82) is 0 Å². The van der Waals surface area contributed by atoms with Crippen LogP contribution < -0.4 is 5.32 Å². The number of anilines is 1. The number of hydrogen-bond donors (Lipinski definition) is 2. The lowest BCUT2D eigenvalue weighted by Crippen LogP contribution is -2.39. The quantitative estimate of drug-likeness (QED) is 0.859. The molecule has 1 aliphatic carbocycles. The number of rotatable bonds is 4. The number of aromatic nitrogens is 2. The summed E-state index contributed by atoms with van der Waals surface area (Å²) in [5.41, 5.74) is -0.740. The fourth-order valence-corrected chi connectivity index (χ4v) is 2.35. The molecule has 0 amide bonds. The van der Waals surface area contributed by atoms with Crippen LogP contribution in [0.3, 0.4) is 0 Å². The van der Waals surface area contributed by atoms with Crippen LogP contribution in [-0.4, -0.2) is 27.6 Å². The second-order valence-electron chi connectivity index (χ2n) is 4.72. The molecule has 2 N–H and O–H groups in total. The molecule has 6 heteroatoms. The molecule has 1 fully saturated rings. The van der Waals surface area contributed by atoms with Gasteiger partial charge in [0.1, 0.15) is 0 Å². The van der Waals surface area contributed by atoms with Crippen molar-refractivity contribution in [3.63, 3.8) is 0 Å². The zero-order valence-electron chi connectivity index (χ0n) is 10.0. The van der Waals surface area contributed by atoms with Crippen LogP contribution in [-0.2, 0) is 4.79 Å². The van der Waals surface area contributed by atoms with Crippen LogP contribution in [0.15, 0.2) is 12.4 Å². The first kappa shape index (κ1) is 12.7. The van der Waals surface area contributed by atoms with E-state index in [0.717, 1.165) is 31.7 Å². The zero-order valence-corrected chi connectivity index (χ0v) is 10.0. The third-order valence-electron chi connectivity index (χ3n) is 3.47. The first-order chi connectivity index (χ1) is 8.62. The topological polar surface area (TPSA) is 75.1 Å². The highest BCUT2D eigenvalue weighted by atomic mass is 19.1. The van der Waals surface area contributed by atoms with E-state index in [0.29, 0.717) is 12.8 Å². The van der Waals surface area contributed by atoms with Gasteiger partial charge in [0.15, 0.2) is 5.82 Å². The van der Waals surface area contributed by atoms with E-state index >= 15 is 0 Å². The molecule has 0 aliphatic heterocycles. The van der Waals surface area contributed by atoms with Crippen molar-refractivity contribution in [2.24, 2.45) is 5.41 Å². The molecule has 1 aliphatic rings. The lowest BCUT2D eigenvalue weighted by atomic mass is 9.74. The highest BCUT2D eigenvalue weighted by Crippen LogP contribution is 2.36. The fourth-order valence-electron chi connectivity index (χ4n) is 2.35. The highest BCUT2D eigenvalue weighted by Gasteiger charge is 2.39. The molecule has 2 rings (SSSR count). The van der Waals surface area contributed by atoms with E-state index < -0.39 is 17.2 Å². The number of carboxylic acids is 1. The summed E-state index contributed by atoms with van der Waals surface area (Å²) >= 11 is 0. The fraction of sp³-hybridized carbons (Fsp3) is 0.583. The third-order valence-corrected chi connectivity index (χ3v) is 3.47. The van der Waals surface area contributed by atoms with Gasteiger partial charge in [-0.15, -0.1) is 0 Å². The van der Waals surface area contributed by atoms with E-state index in [1.807, 2.05) is 0 Å². The molecular weight excluding hydrogens is 237 g/mol. The van der Waals surface area contributed by atoms with Gasteiger partial charge in [-0.3, -0.25) is 4.79 Å². The smallest absolute Gasteiger partial charge is 0.311 e. The second-order valence-corrected chi connectivity index (χ2v) is 4.72. The molecule has 0 radical (unpaired) electrons. The van der Waals surface area contributed by atoms with Gasteiger partial charge < -0.3 is 10.4 Å². The number of nitrogens with zero attached hydrogens (tertiary/aromatic N) is 2. The predicted octanol–water partition coefficient (Wildman–Crippen LogP) is 2.06. The highest BCUT2D eigenvalue weighted by molar-refractivity contribution is 5.75. The Balaban J connectivity index is 2.01. The molecule has 18 heavy (non-hydrogen) atoms. The molecule has 1 aromatic rings. The summed E-state index contributed by atoms with van der Waals surface area (Å²) < 4.78 is 12.6. The number of hydrogen-bond acceptors (Lipinski definition) is 4. The van der Waals surface area contributed by atoms with Crippen molar-refractivity contribution in [3.05, 3.63) is 18.2 Å². The molecule has 1 saturated carbocycles. The summed E-state index contributed by atoms with van der Waals surface area (Å²) in [6, 6.07) is 0. The van der Waals surface area contributed by atoms with Crippen LogP contribution in [0.5, 0.6) is 0 Å². The van der Waals surface area contributed by atoms with Crippen molar-refractivity contribution in [2.75, 3.05) is 11.9 Å². The normalized spacial score (nSPS) is 18.3. The maximum Gasteiger partial charge on any atom is 0.311 e. The zero-order chi connectivity index (χ0) is 13.0. The van der Waals surface area contributed by atoms with Crippen LogP contribution in [0, 0.1) is 11.2 Å². The number of aliphatic carboxylic acids is 1. The van der Waals surface area contributed by atoms with E-state index in [4.69, 9.17) is 0 Å². The van der Waals surface area contributed by atoms with Crippen LogP contribution in [0.1, 0.15) is 32.1 Å². The summed E-state index contributed by atoms with van der Waals surface area (Å²) in [7, 11) is 0. The van der Waals surface area contributed by atoms with E-state index in [9.17, 15) is 14.3 Å². The Morgan fingerprint density at radius 1 is 1.33 bits per heavy atom. The van der Waals surface area contributed by atoms with Gasteiger partial charge in [0.2, 0.25) is 5.95 Å². The molecule has 1 aromatic heterocycles. The first-order valence-electron chi connectivity index (χ1n) is 6.07. The summed E-state index contributed by atoms with van der Waals surface area (Å²) in [6.45, 7) is 0.286. The molecule has 1 heterocycles. The van der Waals surface area contributed by atoms with Crippen molar-refractivity contribution in [1.82, 2.24) is 9.97 Å². The Hall–Kier alpha value is -1.72. The number of halogens is 1. The van der Waals surface area contributed by atoms with E-state index in [1.165, 1.54) is 0 Å². The van der Waals surface area contributed by atoms with Crippen LogP contribution in [0.4, 0.5) is 10.3 Å². The summed E-state index contributed by atoms with van der Waals surface area (Å²) in [5.74, 6) is -1.02. The average molecular weight is 253 g/mol. The van der Waals surface area contributed by atoms with E-state index in [1.54, 1.807) is 0 Å². The van der Waals surface area contributed by atoms with Gasteiger partial charge in [0.25, 0.3) is 0 Å². The van der Waals surface area contributed by atoms with Crippen molar-refractivity contribution in [2.45, 2.75) is 32.1 Å². The predicted molar refractivity (Wildman–Crippen MR) is 63.6 cm³/mol. The van der Waals surface area contributed by atoms with Crippen LogP contribution in [0.25, 0.3) is 0 Å². The lowest BCUT2D eigenvalue weighted by Gasteiger charge is -2.33. The molecule has 5 nitrogen and oxygen atoms in total. The van der Waals surface area contributed by atoms with Gasteiger partial charge in [-0.2, -0.15) is 0 Å². The Morgan fingerprint density at radius 2 is 1.94 bits per heavy atom. The van der Waals surface area contributed by atoms with Gasteiger partial charge >= 0.3 is 5.97 Å². The van der Waals surface area contributed by atoms with E-state index in [2.05, 4.69) is 15.3 Å². The lowest BCUT2D eigenvalue weighted by molar-refractivity contribution is -0.150. The summed E-state index contributed by atoms with van der Waals surface area (Å²) in [5, 5.41) is 12.3. The molecule has 0 spiro atoms. The molecular formula is C12H16FN3O2. The van der Waals surface area contributed by atoms with E-state index in [-0.39, 0.29) is 12.5 Å². The number of nitrogens with one attached hydrogen (secondary N) is 1. The first-order valence-corrected chi connectivity index (χ1v) is 6.07. The Bertz CT molecular complexity index is 416. The molecule has 0 saturated heterocycles. The number of carbonyl (C=O) groups is 1. The summed E-state index contributed by atoms with van der Waals surface area (Å²) in [6.07, 6.45) is 6.39.